The number of anilines is 1. The monoisotopic (exact) mass is 277 g/mol. The van der Waals surface area contributed by atoms with Crippen LogP contribution in [0.2, 0.25) is 0 Å². The lowest BCUT2D eigenvalue weighted by Crippen LogP contribution is -2.49. The number of primary amides is 1. The summed E-state index contributed by atoms with van der Waals surface area (Å²) in [5, 5.41) is 0. The number of carbonyl (C=O) groups is 1. The van der Waals surface area contributed by atoms with E-state index in [1.165, 1.54) is 11.3 Å². The molecule has 0 aliphatic heterocycles. The predicted molar refractivity (Wildman–Crippen MR) is 84.7 cm³/mol. The third-order valence-electron chi connectivity index (χ3n) is 3.72. The van der Waals surface area contributed by atoms with Gasteiger partial charge in [-0.2, -0.15) is 0 Å². The molecule has 0 aliphatic rings. The highest BCUT2D eigenvalue weighted by molar-refractivity contribution is 5.83. The maximum absolute atomic E-state index is 11.1. The summed E-state index contributed by atoms with van der Waals surface area (Å²) in [6.07, 6.45) is 2.54. The number of amides is 1. The summed E-state index contributed by atoms with van der Waals surface area (Å²) in [5.41, 5.74) is 12.7. The Balaban J connectivity index is 2.43. The number of unbranched alkanes of at least 4 members (excludes halogenated alkanes) is 1. The van der Waals surface area contributed by atoms with E-state index in [4.69, 9.17) is 11.5 Å². The first-order valence-corrected chi connectivity index (χ1v) is 7.27. The second-order valence-electron chi connectivity index (χ2n) is 5.65. The Labute approximate surface area is 122 Å². The van der Waals surface area contributed by atoms with E-state index in [9.17, 15) is 4.79 Å². The maximum Gasteiger partial charge on any atom is 0.237 e. The van der Waals surface area contributed by atoms with Crippen molar-refractivity contribution in [1.29, 1.82) is 0 Å². The molecule has 0 heterocycles. The Morgan fingerprint density at radius 2 is 1.85 bits per heavy atom. The van der Waals surface area contributed by atoms with E-state index < -0.39 is 11.4 Å². The third kappa shape index (κ3) is 4.85. The summed E-state index contributed by atoms with van der Waals surface area (Å²) >= 11 is 0. The van der Waals surface area contributed by atoms with Gasteiger partial charge in [0.15, 0.2) is 0 Å². The van der Waals surface area contributed by atoms with Gasteiger partial charge in [-0.1, -0.05) is 17.7 Å². The van der Waals surface area contributed by atoms with Crippen LogP contribution in [0.25, 0.3) is 0 Å². The van der Waals surface area contributed by atoms with E-state index >= 15 is 0 Å². The quantitative estimate of drug-likeness (QED) is 0.715. The minimum atomic E-state index is -0.888. The summed E-state index contributed by atoms with van der Waals surface area (Å²) in [6.45, 7) is 7.88. The van der Waals surface area contributed by atoms with Gasteiger partial charge in [0.1, 0.15) is 0 Å². The van der Waals surface area contributed by atoms with Crippen molar-refractivity contribution in [3.8, 4) is 0 Å². The highest BCUT2D eigenvalue weighted by atomic mass is 16.1. The molecule has 0 spiro atoms. The normalized spacial score (nSPS) is 13.8. The fraction of sp³-hybridized carbons (Fsp3) is 0.562. The molecule has 4 N–H and O–H groups in total. The third-order valence-corrected chi connectivity index (χ3v) is 3.72. The number of rotatable bonds is 8. The van der Waals surface area contributed by atoms with Gasteiger partial charge >= 0.3 is 0 Å². The molecule has 1 unspecified atom stereocenters. The Morgan fingerprint density at radius 3 is 2.35 bits per heavy atom. The molecule has 0 saturated carbocycles. The number of hydrogen-bond acceptors (Lipinski definition) is 3. The molecule has 1 aromatic rings. The van der Waals surface area contributed by atoms with Crippen LogP contribution in [0.5, 0.6) is 0 Å². The van der Waals surface area contributed by atoms with Crippen LogP contribution in [-0.2, 0) is 4.79 Å². The van der Waals surface area contributed by atoms with Crippen molar-refractivity contribution in [2.24, 2.45) is 11.5 Å². The first-order valence-electron chi connectivity index (χ1n) is 7.27. The summed E-state index contributed by atoms with van der Waals surface area (Å²) in [5.74, 6) is -0.427. The molecule has 0 bridgehead atoms. The molecule has 0 aromatic heterocycles. The fourth-order valence-corrected chi connectivity index (χ4v) is 2.14. The van der Waals surface area contributed by atoms with Crippen molar-refractivity contribution in [1.82, 2.24) is 0 Å². The smallest absolute Gasteiger partial charge is 0.237 e. The number of carbonyl (C=O) groups excluding carboxylic acids is 1. The molecule has 20 heavy (non-hydrogen) atoms. The van der Waals surface area contributed by atoms with Gasteiger partial charge in [-0.05, 0) is 52.2 Å². The predicted octanol–water partition coefficient (Wildman–Crippen LogP) is 2.19. The Morgan fingerprint density at radius 1 is 1.25 bits per heavy atom. The summed E-state index contributed by atoms with van der Waals surface area (Å²) in [7, 11) is 0. The first kappa shape index (κ1) is 16.5. The molecule has 112 valence electrons. The van der Waals surface area contributed by atoms with E-state index in [0.717, 1.165) is 25.9 Å². The zero-order chi connectivity index (χ0) is 15.2. The number of hydrogen-bond donors (Lipinski definition) is 2. The molecule has 1 atom stereocenters. The van der Waals surface area contributed by atoms with Crippen LogP contribution in [0, 0.1) is 6.92 Å². The van der Waals surface area contributed by atoms with E-state index in [1.807, 2.05) is 0 Å². The second-order valence-corrected chi connectivity index (χ2v) is 5.65. The van der Waals surface area contributed by atoms with Gasteiger partial charge in [0, 0.05) is 18.8 Å². The van der Waals surface area contributed by atoms with Crippen molar-refractivity contribution in [3.05, 3.63) is 29.8 Å². The van der Waals surface area contributed by atoms with E-state index in [1.54, 1.807) is 6.92 Å². The van der Waals surface area contributed by atoms with Crippen LogP contribution in [-0.4, -0.2) is 24.5 Å². The molecule has 4 nitrogen and oxygen atoms in total. The minimum Gasteiger partial charge on any atom is -0.372 e. The van der Waals surface area contributed by atoms with Gasteiger partial charge in [0.25, 0.3) is 0 Å². The number of aryl methyl sites for hydroxylation is 1. The van der Waals surface area contributed by atoms with Crippen LogP contribution in [0.4, 0.5) is 5.69 Å². The lowest BCUT2D eigenvalue weighted by Gasteiger charge is -2.25. The molecule has 1 aromatic carbocycles. The Hall–Kier alpha value is -1.55. The van der Waals surface area contributed by atoms with Crippen LogP contribution >= 0.6 is 0 Å². The van der Waals surface area contributed by atoms with Crippen LogP contribution < -0.4 is 16.4 Å². The largest absolute Gasteiger partial charge is 0.372 e. The lowest BCUT2D eigenvalue weighted by molar-refractivity contribution is -0.122. The SMILES string of the molecule is CCN(CCCCC(C)(N)C(N)=O)c1ccc(C)cc1. The number of nitrogens with two attached hydrogens (primary N) is 2. The molecule has 4 heteroatoms. The maximum atomic E-state index is 11.1. The van der Waals surface area contributed by atoms with Crippen LogP contribution in [0.1, 0.15) is 38.7 Å². The van der Waals surface area contributed by atoms with Gasteiger partial charge in [0.2, 0.25) is 5.91 Å². The van der Waals surface area contributed by atoms with Gasteiger partial charge in [-0.3, -0.25) is 4.79 Å². The molecule has 0 aliphatic carbocycles. The average molecular weight is 277 g/mol. The van der Waals surface area contributed by atoms with Crippen molar-refractivity contribution < 1.29 is 4.79 Å². The van der Waals surface area contributed by atoms with Crippen molar-refractivity contribution in [2.45, 2.75) is 45.6 Å². The summed E-state index contributed by atoms with van der Waals surface area (Å²) in [4.78, 5) is 13.5. The standard InChI is InChI=1S/C16H27N3O/c1-4-19(14-9-7-13(2)8-10-14)12-6-5-11-16(3,18)15(17)20/h7-10H,4-6,11-12,18H2,1-3H3,(H2,17,20). The highest BCUT2D eigenvalue weighted by Gasteiger charge is 2.24. The van der Waals surface area contributed by atoms with Crippen molar-refractivity contribution >= 4 is 11.6 Å². The number of benzene rings is 1. The second kappa shape index (κ2) is 7.29. The highest BCUT2D eigenvalue weighted by Crippen LogP contribution is 2.17. The minimum absolute atomic E-state index is 0.427. The molecule has 0 fully saturated rings. The molecular formula is C16H27N3O. The first-order chi connectivity index (χ1) is 9.36. The van der Waals surface area contributed by atoms with Crippen molar-refractivity contribution in [3.63, 3.8) is 0 Å². The Kier molecular flexibility index (Phi) is 6.02. The van der Waals surface area contributed by atoms with Gasteiger partial charge in [0.05, 0.1) is 5.54 Å². The summed E-state index contributed by atoms with van der Waals surface area (Å²) in [6, 6.07) is 8.55. The van der Waals surface area contributed by atoms with Gasteiger partial charge in [-0.25, -0.2) is 0 Å². The fourth-order valence-electron chi connectivity index (χ4n) is 2.14. The molecule has 0 saturated heterocycles. The van der Waals surface area contributed by atoms with Crippen LogP contribution in [0.15, 0.2) is 24.3 Å². The zero-order valence-corrected chi connectivity index (χ0v) is 12.9. The molecular weight excluding hydrogens is 250 g/mol. The van der Waals surface area contributed by atoms with Crippen molar-refractivity contribution in [2.75, 3.05) is 18.0 Å². The van der Waals surface area contributed by atoms with E-state index in [-0.39, 0.29) is 0 Å². The molecule has 1 amide bonds. The van der Waals surface area contributed by atoms with Gasteiger partial charge < -0.3 is 16.4 Å². The molecule has 0 radical (unpaired) electrons. The number of nitrogens with zero attached hydrogens (tertiary/aromatic N) is 1. The van der Waals surface area contributed by atoms with Crippen LogP contribution in [0.3, 0.4) is 0 Å². The summed E-state index contributed by atoms with van der Waals surface area (Å²) < 4.78 is 0. The molecule has 1 rings (SSSR count). The zero-order valence-electron chi connectivity index (χ0n) is 12.9. The average Bonchev–Trinajstić information content (AvgIpc) is 2.40. The Bertz CT molecular complexity index is 426. The topological polar surface area (TPSA) is 72.3 Å². The van der Waals surface area contributed by atoms with E-state index in [0.29, 0.717) is 6.42 Å². The van der Waals surface area contributed by atoms with Gasteiger partial charge in [-0.15, -0.1) is 0 Å². The lowest BCUT2D eigenvalue weighted by atomic mass is 9.95. The van der Waals surface area contributed by atoms with E-state index in [2.05, 4.69) is 43.0 Å².